The van der Waals surface area contributed by atoms with Crippen molar-refractivity contribution in [1.29, 1.82) is 0 Å². The standard InChI is InChI=1S/C18H21BrN2/c19-18-4-2-1-3-17(18)16-7-5-14(6-8-16)12-21-10-9-15(11-20)13-21/h1-8,15H,9-13,20H2. The van der Waals surface area contributed by atoms with E-state index < -0.39 is 0 Å². The van der Waals surface area contributed by atoms with Crippen molar-refractivity contribution in [2.24, 2.45) is 11.7 Å². The molecule has 21 heavy (non-hydrogen) atoms. The molecule has 3 rings (SSSR count). The fourth-order valence-corrected chi connectivity index (χ4v) is 3.51. The van der Waals surface area contributed by atoms with Gasteiger partial charge < -0.3 is 5.73 Å². The third-order valence-electron chi connectivity index (χ3n) is 4.25. The molecule has 0 aromatic heterocycles. The van der Waals surface area contributed by atoms with E-state index in [-0.39, 0.29) is 0 Å². The zero-order valence-electron chi connectivity index (χ0n) is 12.1. The van der Waals surface area contributed by atoms with E-state index in [9.17, 15) is 0 Å². The van der Waals surface area contributed by atoms with Crippen LogP contribution in [0.5, 0.6) is 0 Å². The van der Waals surface area contributed by atoms with Crippen LogP contribution in [0.4, 0.5) is 0 Å². The molecule has 1 unspecified atom stereocenters. The highest BCUT2D eigenvalue weighted by atomic mass is 79.9. The molecule has 2 nitrogen and oxygen atoms in total. The lowest BCUT2D eigenvalue weighted by atomic mass is 10.0. The van der Waals surface area contributed by atoms with Gasteiger partial charge in [-0.2, -0.15) is 0 Å². The molecular weight excluding hydrogens is 324 g/mol. The molecule has 1 atom stereocenters. The molecule has 0 radical (unpaired) electrons. The summed E-state index contributed by atoms with van der Waals surface area (Å²) in [6.07, 6.45) is 1.24. The molecule has 0 bridgehead atoms. The van der Waals surface area contributed by atoms with Gasteiger partial charge in [-0.3, -0.25) is 4.90 Å². The Morgan fingerprint density at radius 1 is 1.10 bits per heavy atom. The van der Waals surface area contributed by atoms with Gasteiger partial charge in [0.2, 0.25) is 0 Å². The molecule has 110 valence electrons. The number of hydrogen-bond acceptors (Lipinski definition) is 2. The second-order valence-corrected chi connectivity index (χ2v) is 6.66. The van der Waals surface area contributed by atoms with Crippen LogP contribution in [0.25, 0.3) is 11.1 Å². The Hall–Kier alpha value is -1.16. The molecule has 0 saturated carbocycles. The van der Waals surface area contributed by atoms with Crippen LogP contribution in [-0.2, 0) is 6.54 Å². The zero-order chi connectivity index (χ0) is 14.7. The molecule has 0 amide bonds. The summed E-state index contributed by atoms with van der Waals surface area (Å²) in [6, 6.07) is 17.3. The predicted molar refractivity (Wildman–Crippen MR) is 92.0 cm³/mol. The van der Waals surface area contributed by atoms with E-state index in [1.165, 1.54) is 29.7 Å². The molecule has 1 saturated heterocycles. The summed E-state index contributed by atoms with van der Waals surface area (Å²) in [7, 11) is 0. The van der Waals surface area contributed by atoms with E-state index >= 15 is 0 Å². The average molecular weight is 345 g/mol. The van der Waals surface area contributed by atoms with Crippen molar-refractivity contribution in [3.63, 3.8) is 0 Å². The van der Waals surface area contributed by atoms with Crippen molar-refractivity contribution in [1.82, 2.24) is 4.90 Å². The average Bonchev–Trinajstić information content (AvgIpc) is 2.96. The van der Waals surface area contributed by atoms with Gasteiger partial charge in [0.25, 0.3) is 0 Å². The summed E-state index contributed by atoms with van der Waals surface area (Å²) in [4.78, 5) is 2.50. The van der Waals surface area contributed by atoms with E-state index in [0.29, 0.717) is 5.92 Å². The molecule has 0 spiro atoms. The number of nitrogens with zero attached hydrogens (tertiary/aromatic N) is 1. The Kier molecular flexibility index (Phi) is 4.73. The van der Waals surface area contributed by atoms with Gasteiger partial charge in [0.1, 0.15) is 0 Å². The number of benzene rings is 2. The maximum atomic E-state index is 5.76. The number of rotatable bonds is 4. The van der Waals surface area contributed by atoms with Crippen LogP contribution in [0, 0.1) is 5.92 Å². The first-order valence-corrected chi connectivity index (χ1v) is 8.32. The number of nitrogens with two attached hydrogens (primary N) is 1. The third-order valence-corrected chi connectivity index (χ3v) is 4.94. The molecule has 3 heteroatoms. The van der Waals surface area contributed by atoms with Crippen LogP contribution in [0.15, 0.2) is 53.0 Å². The van der Waals surface area contributed by atoms with Gasteiger partial charge >= 0.3 is 0 Å². The SMILES string of the molecule is NCC1CCN(Cc2ccc(-c3ccccc3Br)cc2)C1. The molecule has 1 aliphatic heterocycles. The first kappa shape index (κ1) is 14.8. The maximum absolute atomic E-state index is 5.76. The molecule has 2 N–H and O–H groups in total. The van der Waals surface area contributed by atoms with Crippen LogP contribution < -0.4 is 5.73 Å². The summed E-state index contributed by atoms with van der Waals surface area (Å²) < 4.78 is 1.14. The largest absolute Gasteiger partial charge is 0.330 e. The van der Waals surface area contributed by atoms with Crippen LogP contribution >= 0.6 is 15.9 Å². The highest BCUT2D eigenvalue weighted by Gasteiger charge is 2.20. The predicted octanol–water partition coefficient (Wildman–Crippen LogP) is 3.90. The normalized spacial score (nSPS) is 19.0. The summed E-state index contributed by atoms with van der Waals surface area (Å²) in [5, 5.41) is 0. The van der Waals surface area contributed by atoms with Gasteiger partial charge in [0.15, 0.2) is 0 Å². The second-order valence-electron chi connectivity index (χ2n) is 5.80. The van der Waals surface area contributed by atoms with E-state index in [2.05, 4.69) is 63.3 Å². The molecule has 0 aliphatic carbocycles. The highest BCUT2D eigenvalue weighted by Crippen LogP contribution is 2.28. The molecule has 2 aromatic rings. The first-order chi connectivity index (χ1) is 10.3. The van der Waals surface area contributed by atoms with Crippen LogP contribution in [0.1, 0.15) is 12.0 Å². The van der Waals surface area contributed by atoms with Crippen LogP contribution in [0.3, 0.4) is 0 Å². The Morgan fingerprint density at radius 2 is 1.86 bits per heavy atom. The van der Waals surface area contributed by atoms with Gasteiger partial charge in [-0.1, -0.05) is 58.4 Å². The summed E-state index contributed by atoms with van der Waals surface area (Å²) >= 11 is 3.62. The molecule has 2 aromatic carbocycles. The minimum absolute atomic E-state index is 0.685. The lowest BCUT2D eigenvalue weighted by Gasteiger charge is -2.16. The quantitative estimate of drug-likeness (QED) is 0.911. The van der Waals surface area contributed by atoms with Crippen molar-refractivity contribution in [2.75, 3.05) is 19.6 Å². The monoisotopic (exact) mass is 344 g/mol. The maximum Gasteiger partial charge on any atom is 0.0253 e. The Bertz CT molecular complexity index is 594. The van der Waals surface area contributed by atoms with E-state index in [1.807, 2.05) is 6.07 Å². The Balaban J connectivity index is 1.69. The number of halogens is 1. The van der Waals surface area contributed by atoms with Gasteiger partial charge in [0, 0.05) is 17.6 Å². The lowest BCUT2D eigenvalue weighted by molar-refractivity contribution is 0.318. The smallest absolute Gasteiger partial charge is 0.0253 e. The van der Waals surface area contributed by atoms with Gasteiger partial charge in [-0.05, 0) is 48.2 Å². The topological polar surface area (TPSA) is 29.3 Å². The fourth-order valence-electron chi connectivity index (χ4n) is 2.99. The zero-order valence-corrected chi connectivity index (χ0v) is 13.7. The molecule has 1 aliphatic rings. The van der Waals surface area contributed by atoms with Gasteiger partial charge in [-0.25, -0.2) is 0 Å². The van der Waals surface area contributed by atoms with Crippen molar-refractivity contribution in [3.8, 4) is 11.1 Å². The summed E-state index contributed by atoms with van der Waals surface area (Å²) in [5.74, 6) is 0.685. The summed E-state index contributed by atoms with van der Waals surface area (Å²) in [6.45, 7) is 4.17. The van der Waals surface area contributed by atoms with Crippen LogP contribution in [0.2, 0.25) is 0 Å². The lowest BCUT2D eigenvalue weighted by Crippen LogP contribution is -2.22. The molecule has 1 heterocycles. The van der Waals surface area contributed by atoms with Gasteiger partial charge in [0.05, 0.1) is 0 Å². The third kappa shape index (κ3) is 3.54. The van der Waals surface area contributed by atoms with Crippen molar-refractivity contribution in [2.45, 2.75) is 13.0 Å². The minimum Gasteiger partial charge on any atom is -0.330 e. The molecular formula is C18H21BrN2. The Labute approximate surface area is 135 Å². The number of likely N-dealkylation sites (tertiary alicyclic amines) is 1. The van der Waals surface area contributed by atoms with E-state index in [1.54, 1.807) is 0 Å². The van der Waals surface area contributed by atoms with E-state index in [4.69, 9.17) is 5.73 Å². The number of hydrogen-bond donors (Lipinski definition) is 1. The van der Waals surface area contributed by atoms with Crippen molar-refractivity contribution >= 4 is 15.9 Å². The summed E-state index contributed by atoms with van der Waals surface area (Å²) in [5.41, 5.74) is 9.64. The van der Waals surface area contributed by atoms with Gasteiger partial charge in [-0.15, -0.1) is 0 Å². The fraction of sp³-hybridized carbons (Fsp3) is 0.333. The highest BCUT2D eigenvalue weighted by molar-refractivity contribution is 9.10. The van der Waals surface area contributed by atoms with E-state index in [0.717, 1.165) is 24.1 Å². The van der Waals surface area contributed by atoms with Crippen LogP contribution in [-0.4, -0.2) is 24.5 Å². The Morgan fingerprint density at radius 3 is 2.52 bits per heavy atom. The molecule has 1 fully saturated rings. The van der Waals surface area contributed by atoms with Crippen molar-refractivity contribution in [3.05, 3.63) is 58.6 Å². The first-order valence-electron chi connectivity index (χ1n) is 7.52. The van der Waals surface area contributed by atoms with Crippen molar-refractivity contribution < 1.29 is 0 Å². The minimum atomic E-state index is 0.685. The second kappa shape index (κ2) is 6.73.